The van der Waals surface area contributed by atoms with Crippen molar-refractivity contribution >= 4 is 11.6 Å². The number of alkyl halides is 2. The highest BCUT2D eigenvalue weighted by Crippen LogP contribution is 2.40. The lowest BCUT2D eigenvalue weighted by Crippen LogP contribution is -1.65. The Balaban J connectivity index is 0. The molecule has 0 radical (unpaired) electrons. The summed E-state index contributed by atoms with van der Waals surface area (Å²) in [5, 5.41) is 0. The summed E-state index contributed by atoms with van der Waals surface area (Å²) in [6, 6.07) is 0. The van der Waals surface area contributed by atoms with Crippen LogP contribution >= 0.6 is 11.6 Å². The van der Waals surface area contributed by atoms with E-state index in [0.29, 0.717) is 11.8 Å². The maximum absolute atomic E-state index is 11.9. The monoisotopic (exact) mass is 176 g/mol. The number of hydrogen-bond donors (Lipinski definition) is 0. The van der Waals surface area contributed by atoms with Crippen LogP contribution in [0.5, 0.6) is 0 Å². The first-order valence-corrected chi connectivity index (χ1v) is 3.65. The fourth-order valence-electron chi connectivity index (χ4n) is 0.602. The van der Waals surface area contributed by atoms with Crippen LogP contribution in [0.3, 0.4) is 0 Å². The van der Waals surface area contributed by atoms with E-state index in [1.54, 1.807) is 0 Å². The summed E-state index contributed by atoms with van der Waals surface area (Å²) in [4.78, 5) is 0. The molecule has 10 heavy (non-hydrogen) atoms. The maximum Gasteiger partial charge on any atom is 0.106 e. The first-order valence-electron chi connectivity index (χ1n) is 2.89. The number of halogens is 4. The van der Waals surface area contributed by atoms with Gasteiger partial charge in [-0.2, -0.15) is 0 Å². The average Bonchev–Trinajstić information content (AvgIpc) is 2.54. The number of rotatable bonds is 0. The van der Waals surface area contributed by atoms with E-state index >= 15 is 0 Å². The van der Waals surface area contributed by atoms with Gasteiger partial charge < -0.3 is 0 Å². The minimum atomic E-state index is -0.481. The molecule has 0 aromatic carbocycles. The minimum absolute atomic E-state index is 0.352. The van der Waals surface area contributed by atoms with Gasteiger partial charge in [-0.25, -0.2) is 4.39 Å². The first-order chi connectivity index (χ1) is 4.73. The van der Waals surface area contributed by atoms with Crippen LogP contribution in [0.4, 0.5) is 13.5 Å². The molecule has 0 nitrogen and oxygen atoms in total. The Morgan fingerprint density at radius 3 is 1.10 bits per heavy atom. The van der Waals surface area contributed by atoms with E-state index < -0.39 is 6.17 Å². The average molecular weight is 177 g/mol. The molecule has 0 saturated heterocycles. The fourth-order valence-corrected chi connectivity index (χ4v) is 0.602. The third-order valence-corrected chi connectivity index (χ3v) is 1.69. The van der Waals surface area contributed by atoms with Gasteiger partial charge >= 0.3 is 0 Å². The van der Waals surface area contributed by atoms with E-state index in [2.05, 4.69) is 11.6 Å². The molecular weight excluding hydrogens is 165 g/mol. The summed E-state index contributed by atoms with van der Waals surface area (Å²) in [5.41, 5.74) is 0. The third-order valence-electron chi connectivity index (χ3n) is 1.69. The SMILES string of the molecule is CC1C(C)C1F.CCl.FF. The van der Waals surface area contributed by atoms with Crippen molar-refractivity contribution < 1.29 is 13.5 Å². The summed E-state index contributed by atoms with van der Waals surface area (Å²) in [7, 11) is 0. The van der Waals surface area contributed by atoms with Crippen LogP contribution in [0.15, 0.2) is 0 Å². The topological polar surface area (TPSA) is 0 Å². The Kier molecular flexibility index (Phi) is 9.15. The molecule has 0 aromatic rings. The van der Waals surface area contributed by atoms with E-state index in [4.69, 9.17) is 9.15 Å². The van der Waals surface area contributed by atoms with Crippen LogP contribution in [0.25, 0.3) is 0 Å². The molecule has 2 unspecified atom stereocenters. The van der Waals surface area contributed by atoms with Crippen LogP contribution in [0.1, 0.15) is 13.8 Å². The zero-order chi connectivity index (χ0) is 8.73. The quantitative estimate of drug-likeness (QED) is 0.497. The molecule has 1 fully saturated rings. The zero-order valence-corrected chi connectivity index (χ0v) is 7.00. The van der Waals surface area contributed by atoms with E-state index in [1.807, 2.05) is 13.8 Å². The van der Waals surface area contributed by atoms with Crippen LogP contribution < -0.4 is 0 Å². The van der Waals surface area contributed by atoms with E-state index in [0.717, 1.165) is 0 Å². The molecule has 0 spiro atoms. The predicted molar refractivity (Wildman–Crippen MR) is 37.2 cm³/mol. The Morgan fingerprint density at radius 2 is 1.10 bits per heavy atom. The van der Waals surface area contributed by atoms with Crippen LogP contribution in [0.2, 0.25) is 0 Å². The summed E-state index contributed by atoms with van der Waals surface area (Å²) in [6.07, 6.45) is 0.991. The van der Waals surface area contributed by atoms with Crippen molar-refractivity contribution in [2.75, 3.05) is 6.38 Å². The third kappa shape index (κ3) is 3.99. The lowest BCUT2D eigenvalue weighted by molar-refractivity contribution is 0.108. The normalized spacial score (nSPS) is 34.5. The van der Waals surface area contributed by atoms with Crippen molar-refractivity contribution in [1.29, 1.82) is 0 Å². The van der Waals surface area contributed by atoms with E-state index in [1.165, 1.54) is 6.38 Å². The van der Waals surface area contributed by atoms with Gasteiger partial charge in [0.2, 0.25) is 0 Å². The molecule has 0 heterocycles. The van der Waals surface area contributed by atoms with Crippen molar-refractivity contribution in [1.82, 2.24) is 0 Å². The zero-order valence-electron chi connectivity index (χ0n) is 6.24. The molecule has 0 aromatic heterocycles. The number of hydrogen-bond acceptors (Lipinski definition) is 0. The van der Waals surface area contributed by atoms with Crippen molar-refractivity contribution in [3.8, 4) is 0 Å². The van der Waals surface area contributed by atoms with Gasteiger partial charge in [-0.1, -0.05) is 13.8 Å². The van der Waals surface area contributed by atoms with Crippen molar-refractivity contribution in [2.24, 2.45) is 11.8 Å². The lowest BCUT2D eigenvalue weighted by Gasteiger charge is -1.64. The van der Waals surface area contributed by atoms with E-state index in [-0.39, 0.29) is 0 Å². The smallest absolute Gasteiger partial charge is 0.106 e. The summed E-state index contributed by atoms with van der Waals surface area (Å²) in [6.45, 7) is 3.88. The molecular formula is C6H12ClF3. The highest BCUT2D eigenvalue weighted by Gasteiger charge is 2.43. The Morgan fingerprint density at radius 1 is 1.00 bits per heavy atom. The fraction of sp³-hybridized carbons (Fsp3) is 1.00. The van der Waals surface area contributed by atoms with Gasteiger partial charge in [0.15, 0.2) is 0 Å². The molecule has 0 bridgehead atoms. The predicted octanol–water partition coefficient (Wildman–Crippen LogP) is 3.31. The van der Waals surface area contributed by atoms with Crippen molar-refractivity contribution in [2.45, 2.75) is 20.0 Å². The second-order valence-electron chi connectivity index (χ2n) is 2.16. The Hall–Kier alpha value is 0.0800. The highest BCUT2D eigenvalue weighted by molar-refractivity contribution is 6.15. The lowest BCUT2D eigenvalue weighted by atomic mass is 10.4. The van der Waals surface area contributed by atoms with Crippen LogP contribution in [0, 0.1) is 11.8 Å². The highest BCUT2D eigenvalue weighted by atomic mass is 35.5. The van der Waals surface area contributed by atoms with Gasteiger partial charge in [0.05, 0.1) is 0 Å². The van der Waals surface area contributed by atoms with Crippen LogP contribution in [-0.4, -0.2) is 12.6 Å². The summed E-state index contributed by atoms with van der Waals surface area (Å²) >= 11 is 4.64. The standard InChI is InChI=1S/C5H9F.CH3Cl.F2/c1-3-4(2)5(3)6;2*1-2/h3-5H,1-2H3;1H3;. The van der Waals surface area contributed by atoms with Crippen molar-refractivity contribution in [3.05, 3.63) is 0 Å². The molecule has 0 amide bonds. The largest absolute Gasteiger partial charge is 0.247 e. The maximum atomic E-state index is 11.9. The van der Waals surface area contributed by atoms with Gasteiger partial charge in [0, 0.05) is 15.5 Å². The summed E-state index contributed by atoms with van der Waals surface area (Å²) < 4.78 is 27.9. The molecule has 0 aliphatic heterocycles. The van der Waals surface area contributed by atoms with Crippen LogP contribution in [-0.2, 0) is 0 Å². The second-order valence-corrected chi connectivity index (χ2v) is 2.16. The van der Waals surface area contributed by atoms with Gasteiger partial charge in [0.1, 0.15) is 6.17 Å². The Bertz CT molecular complexity index is 49.7. The molecule has 2 atom stereocenters. The summed E-state index contributed by atoms with van der Waals surface area (Å²) in [5.74, 6) is 0.704. The van der Waals surface area contributed by atoms with Gasteiger partial charge in [-0.05, 0) is 11.8 Å². The molecule has 1 aliphatic rings. The first kappa shape index (κ1) is 12.7. The van der Waals surface area contributed by atoms with Gasteiger partial charge in [-0.3, -0.25) is 0 Å². The minimum Gasteiger partial charge on any atom is -0.247 e. The molecule has 4 heteroatoms. The molecule has 1 aliphatic carbocycles. The van der Waals surface area contributed by atoms with Crippen molar-refractivity contribution in [3.63, 3.8) is 0 Å². The molecule has 1 rings (SSSR count). The molecule has 0 N–H and O–H groups in total. The molecule has 64 valence electrons. The second kappa shape index (κ2) is 7.19. The van der Waals surface area contributed by atoms with Gasteiger partial charge in [0.25, 0.3) is 0 Å². The molecule has 1 saturated carbocycles. The Labute approximate surface area is 64.2 Å². The van der Waals surface area contributed by atoms with Gasteiger partial charge in [-0.15, -0.1) is 11.6 Å². The van der Waals surface area contributed by atoms with E-state index in [9.17, 15) is 4.39 Å².